The number of guanidine groups is 1. The molecule has 1 aromatic heterocycles. The lowest BCUT2D eigenvalue weighted by Crippen LogP contribution is -2.44. The highest BCUT2D eigenvalue weighted by atomic mass is 127. The minimum atomic E-state index is -3.19. The van der Waals surface area contributed by atoms with Crippen molar-refractivity contribution in [2.75, 3.05) is 43.9 Å². The molecule has 1 aliphatic heterocycles. The molecule has 1 aliphatic rings. The summed E-state index contributed by atoms with van der Waals surface area (Å²) >= 11 is 1.79. The van der Waals surface area contributed by atoms with Gasteiger partial charge in [0.15, 0.2) is 5.96 Å². The number of nitrogens with one attached hydrogen (secondary N) is 2. The topological polar surface area (TPSA) is 86.9 Å². The summed E-state index contributed by atoms with van der Waals surface area (Å²) in [6.07, 6.45) is 1.61. The van der Waals surface area contributed by atoms with Gasteiger partial charge in [0, 0.05) is 38.2 Å². The Bertz CT molecular complexity index is 572. The molecule has 2 heterocycles. The molecule has 0 radical (unpaired) electrons. The fraction of sp³-hybridized carbons (Fsp3) is 0.615. The Labute approximate surface area is 158 Å². The van der Waals surface area contributed by atoms with Crippen LogP contribution in [0.1, 0.15) is 5.76 Å². The maximum absolute atomic E-state index is 12.2. The van der Waals surface area contributed by atoms with Crippen molar-refractivity contribution < 1.29 is 12.8 Å². The van der Waals surface area contributed by atoms with Gasteiger partial charge in [0.1, 0.15) is 5.76 Å². The predicted molar refractivity (Wildman–Crippen MR) is 105 cm³/mol. The van der Waals surface area contributed by atoms with Gasteiger partial charge in [-0.25, -0.2) is 12.7 Å². The Hall–Kier alpha value is -0.460. The number of rotatable bonds is 6. The standard InChI is InChI=1S/C13H22N4O3S2.HI/c1-14-13(16-11-12-3-2-7-20-12)15-4-10-22(18,19)17-5-8-21-9-6-17;/h2-3,7H,4-6,8-11H2,1H3,(H2,14,15,16);1H. The van der Waals surface area contributed by atoms with Crippen LogP contribution in [-0.4, -0.2) is 62.6 Å². The minimum Gasteiger partial charge on any atom is -0.467 e. The first-order valence-electron chi connectivity index (χ1n) is 7.14. The van der Waals surface area contributed by atoms with E-state index >= 15 is 0 Å². The van der Waals surface area contributed by atoms with Crippen LogP contribution in [0.4, 0.5) is 0 Å². The number of sulfonamides is 1. The largest absolute Gasteiger partial charge is 0.467 e. The van der Waals surface area contributed by atoms with E-state index in [9.17, 15) is 8.42 Å². The smallest absolute Gasteiger partial charge is 0.215 e. The maximum Gasteiger partial charge on any atom is 0.215 e. The molecule has 1 fully saturated rings. The first-order chi connectivity index (χ1) is 10.6. The Morgan fingerprint density at radius 3 is 2.74 bits per heavy atom. The summed E-state index contributed by atoms with van der Waals surface area (Å²) in [4.78, 5) is 4.06. The van der Waals surface area contributed by atoms with Crippen molar-refractivity contribution in [3.8, 4) is 0 Å². The molecule has 2 N–H and O–H groups in total. The third kappa shape index (κ3) is 6.89. The molecule has 0 aromatic carbocycles. The summed E-state index contributed by atoms with van der Waals surface area (Å²) in [6, 6.07) is 3.68. The lowest BCUT2D eigenvalue weighted by Gasteiger charge is -2.25. The number of furan rings is 1. The second kappa shape index (κ2) is 10.4. The van der Waals surface area contributed by atoms with Crippen LogP contribution in [0, 0.1) is 0 Å². The van der Waals surface area contributed by atoms with Crippen molar-refractivity contribution >= 4 is 51.7 Å². The first-order valence-corrected chi connectivity index (χ1v) is 9.90. The Balaban J connectivity index is 0.00000264. The van der Waals surface area contributed by atoms with Crippen molar-refractivity contribution in [3.63, 3.8) is 0 Å². The van der Waals surface area contributed by atoms with E-state index in [-0.39, 0.29) is 29.7 Å². The van der Waals surface area contributed by atoms with Crippen molar-refractivity contribution in [3.05, 3.63) is 24.2 Å². The van der Waals surface area contributed by atoms with Gasteiger partial charge in [-0.15, -0.1) is 24.0 Å². The van der Waals surface area contributed by atoms with E-state index in [1.807, 2.05) is 12.1 Å². The number of halogens is 1. The van der Waals surface area contributed by atoms with Crippen molar-refractivity contribution in [1.82, 2.24) is 14.9 Å². The summed E-state index contributed by atoms with van der Waals surface area (Å²) in [7, 11) is -1.54. The van der Waals surface area contributed by atoms with Crippen LogP contribution >= 0.6 is 35.7 Å². The van der Waals surface area contributed by atoms with E-state index in [0.717, 1.165) is 17.3 Å². The van der Waals surface area contributed by atoms with Crippen LogP contribution in [0.2, 0.25) is 0 Å². The van der Waals surface area contributed by atoms with Gasteiger partial charge < -0.3 is 15.1 Å². The zero-order valence-electron chi connectivity index (χ0n) is 13.0. The summed E-state index contributed by atoms with van der Waals surface area (Å²) in [5.74, 6) is 3.17. The van der Waals surface area contributed by atoms with Gasteiger partial charge in [-0.2, -0.15) is 11.8 Å². The Morgan fingerprint density at radius 1 is 1.39 bits per heavy atom. The molecule has 132 valence electrons. The quantitative estimate of drug-likeness (QED) is 0.363. The van der Waals surface area contributed by atoms with Gasteiger partial charge in [-0.3, -0.25) is 4.99 Å². The number of aliphatic imine (C=N–C) groups is 1. The van der Waals surface area contributed by atoms with Gasteiger partial charge in [0.25, 0.3) is 0 Å². The third-order valence-electron chi connectivity index (χ3n) is 3.25. The molecule has 23 heavy (non-hydrogen) atoms. The molecule has 0 amide bonds. The highest BCUT2D eigenvalue weighted by molar-refractivity contribution is 14.0. The molecule has 0 atom stereocenters. The van der Waals surface area contributed by atoms with E-state index in [2.05, 4.69) is 15.6 Å². The van der Waals surface area contributed by atoms with Crippen LogP contribution in [0.25, 0.3) is 0 Å². The average molecular weight is 474 g/mol. The van der Waals surface area contributed by atoms with Gasteiger partial charge in [-0.1, -0.05) is 0 Å². The van der Waals surface area contributed by atoms with Crippen molar-refractivity contribution in [2.45, 2.75) is 6.54 Å². The van der Waals surface area contributed by atoms with Gasteiger partial charge in [0.05, 0.1) is 18.6 Å². The van der Waals surface area contributed by atoms with E-state index < -0.39 is 10.0 Å². The van der Waals surface area contributed by atoms with Crippen LogP contribution in [0.15, 0.2) is 27.8 Å². The molecule has 0 spiro atoms. The molecule has 0 bridgehead atoms. The van der Waals surface area contributed by atoms with Crippen LogP contribution < -0.4 is 10.6 Å². The SMILES string of the molecule is CN=C(NCCS(=O)(=O)N1CCSCC1)NCc1ccco1.I. The maximum atomic E-state index is 12.2. The number of hydrogen-bond donors (Lipinski definition) is 2. The molecular weight excluding hydrogens is 451 g/mol. The molecule has 7 nitrogen and oxygen atoms in total. The van der Waals surface area contributed by atoms with E-state index in [4.69, 9.17) is 4.42 Å². The highest BCUT2D eigenvalue weighted by Crippen LogP contribution is 2.12. The van der Waals surface area contributed by atoms with Gasteiger partial charge in [-0.05, 0) is 12.1 Å². The monoisotopic (exact) mass is 474 g/mol. The predicted octanol–water partition coefficient (Wildman–Crippen LogP) is 0.941. The number of hydrogen-bond acceptors (Lipinski definition) is 5. The summed E-state index contributed by atoms with van der Waals surface area (Å²) in [5.41, 5.74) is 0. The van der Waals surface area contributed by atoms with Gasteiger partial charge in [0.2, 0.25) is 10.0 Å². The first kappa shape index (κ1) is 20.6. The summed E-state index contributed by atoms with van der Waals surface area (Å²) < 4.78 is 31.2. The third-order valence-corrected chi connectivity index (χ3v) is 6.06. The normalized spacial score (nSPS) is 16.7. The van der Waals surface area contributed by atoms with Gasteiger partial charge >= 0.3 is 0 Å². The molecule has 10 heteroatoms. The molecule has 1 saturated heterocycles. The zero-order chi connectivity index (χ0) is 15.8. The second-order valence-corrected chi connectivity index (χ2v) is 8.07. The van der Waals surface area contributed by atoms with E-state index in [1.165, 1.54) is 0 Å². The molecule has 2 rings (SSSR count). The molecule has 0 unspecified atom stereocenters. The molecular formula is C13H23IN4O3S2. The van der Waals surface area contributed by atoms with Crippen molar-refractivity contribution in [1.29, 1.82) is 0 Å². The fourth-order valence-electron chi connectivity index (χ4n) is 2.06. The van der Waals surface area contributed by atoms with Crippen LogP contribution in [0.3, 0.4) is 0 Å². The second-order valence-electron chi connectivity index (χ2n) is 4.76. The Morgan fingerprint density at radius 2 is 2.13 bits per heavy atom. The molecule has 0 saturated carbocycles. The number of nitrogens with zero attached hydrogens (tertiary/aromatic N) is 2. The fourth-order valence-corrected chi connectivity index (χ4v) is 4.55. The highest BCUT2D eigenvalue weighted by Gasteiger charge is 2.23. The zero-order valence-corrected chi connectivity index (χ0v) is 17.0. The van der Waals surface area contributed by atoms with E-state index in [0.29, 0.717) is 32.1 Å². The lowest BCUT2D eigenvalue weighted by molar-refractivity contribution is 0.443. The lowest BCUT2D eigenvalue weighted by atomic mass is 10.4. The molecule has 0 aliphatic carbocycles. The number of thioether (sulfide) groups is 1. The Kier molecular flexibility index (Phi) is 9.32. The average Bonchev–Trinajstić information content (AvgIpc) is 3.05. The minimum absolute atomic E-state index is 0. The summed E-state index contributed by atoms with van der Waals surface area (Å²) in [5, 5.41) is 6.08. The molecule has 1 aromatic rings. The van der Waals surface area contributed by atoms with Crippen LogP contribution in [0.5, 0.6) is 0 Å². The van der Waals surface area contributed by atoms with Crippen LogP contribution in [-0.2, 0) is 16.6 Å². The van der Waals surface area contributed by atoms with Crippen molar-refractivity contribution in [2.24, 2.45) is 4.99 Å². The van der Waals surface area contributed by atoms with E-state index in [1.54, 1.807) is 29.4 Å². The summed E-state index contributed by atoms with van der Waals surface area (Å²) in [6.45, 7) is 2.05.